The molecular formula is C7H9FN2O. The highest BCUT2D eigenvalue weighted by molar-refractivity contribution is 5.94. The fraction of sp³-hybridized carbons (Fsp3) is 0.429. The molecule has 0 aliphatic carbocycles. The van der Waals surface area contributed by atoms with Crippen molar-refractivity contribution in [3.63, 3.8) is 0 Å². The molecular weight excluding hydrogens is 147 g/mol. The summed E-state index contributed by atoms with van der Waals surface area (Å²) in [6, 6.07) is 0. The zero-order valence-electron chi connectivity index (χ0n) is 6.47. The van der Waals surface area contributed by atoms with Crippen molar-refractivity contribution in [2.45, 2.75) is 13.6 Å². The summed E-state index contributed by atoms with van der Waals surface area (Å²) in [7, 11) is 1.66. The third-order valence-corrected chi connectivity index (χ3v) is 1.41. The zero-order chi connectivity index (χ0) is 8.43. The van der Waals surface area contributed by atoms with Gasteiger partial charge < -0.3 is 0 Å². The van der Waals surface area contributed by atoms with E-state index >= 15 is 0 Å². The summed E-state index contributed by atoms with van der Waals surface area (Å²) in [5, 5.41) is 3.77. The number of ketones is 1. The number of carbonyl (C=O) groups is 1. The smallest absolute Gasteiger partial charge is 0.163 e. The zero-order valence-corrected chi connectivity index (χ0v) is 6.47. The van der Waals surface area contributed by atoms with E-state index in [1.807, 2.05) is 0 Å². The maximum absolute atomic E-state index is 12.1. The number of rotatable bonds is 2. The minimum atomic E-state index is -0.685. The first kappa shape index (κ1) is 7.91. The predicted molar refractivity (Wildman–Crippen MR) is 38.0 cm³/mol. The van der Waals surface area contributed by atoms with E-state index in [9.17, 15) is 9.18 Å². The maximum atomic E-state index is 12.1. The molecule has 0 N–H and O–H groups in total. The molecule has 0 aliphatic heterocycles. The van der Waals surface area contributed by atoms with Crippen LogP contribution in [-0.4, -0.2) is 15.6 Å². The van der Waals surface area contributed by atoms with Crippen molar-refractivity contribution in [1.29, 1.82) is 0 Å². The van der Waals surface area contributed by atoms with Crippen LogP contribution in [0.5, 0.6) is 0 Å². The van der Waals surface area contributed by atoms with Crippen LogP contribution >= 0.6 is 0 Å². The summed E-state index contributed by atoms with van der Waals surface area (Å²) in [6.07, 6.45) is 1.53. The average molecular weight is 156 g/mol. The lowest BCUT2D eigenvalue weighted by molar-refractivity contribution is 0.101. The van der Waals surface area contributed by atoms with Gasteiger partial charge in [-0.25, -0.2) is 4.39 Å². The van der Waals surface area contributed by atoms with Gasteiger partial charge in [0.25, 0.3) is 0 Å². The molecule has 4 heteroatoms. The molecule has 3 nitrogen and oxygen atoms in total. The summed E-state index contributed by atoms with van der Waals surface area (Å²) in [5.41, 5.74) is 0.593. The second-order valence-corrected chi connectivity index (χ2v) is 2.35. The van der Waals surface area contributed by atoms with Crippen molar-refractivity contribution in [1.82, 2.24) is 9.78 Å². The number of hydrogen-bond acceptors (Lipinski definition) is 2. The molecule has 0 atom stereocenters. The Labute approximate surface area is 63.8 Å². The molecule has 0 unspecified atom stereocenters. The van der Waals surface area contributed by atoms with Gasteiger partial charge in [-0.05, 0) is 6.92 Å². The van der Waals surface area contributed by atoms with E-state index in [0.29, 0.717) is 5.56 Å². The molecule has 0 saturated carbocycles. The van der Waals surface area contributed by atoms with Gasteiger partial charge in [0.1, 0.15) is 12.4 Å². The third kappa shape index (κ3) is 1.45. The van der Waals surface area contributed by atoms with E-state index in [-0.39, 0.29) is 11.5 Å². The maximum Gasteiger partial charge on any atom is 0.163 e. The number of aryl methyl sites for hydroxylation is 1. The Morgan fingerprint density at radius 1 is 1.82 bits per heavy atom. The van der Waals surface area contributed by atoms with E-state index < -0.39 is 6.67 Å². The summed E-state index contributed by atoms with van der Waals surface area (Å²) >= 11 is 0. The van der Waals surface area contributed by atoms with E-state index in [1.165, 1.54) is 17.8 Å². The van der Waals surface area contributed by atoms with E-state index in [4.69, 9.17) is 0 Å². The predicted octanol–water partition coefficient (Wildman–Crippen LogP) is 1.09. The van der Waals surface area contributed by atoms with Gasteiger partial charge in [0.05, 0.1) is 5.56 Å². The van der Waals surface area contributed by atoms with Crippen LogP contribution in [0.4, 0.5) is 4.39 Å². The highest BCUT2D eigenvalue weighted by Crippen LogP contribution is 2.07. The molecule has 1 aromatic heterocycles. The highest BCUT2D eigenvalue weighted by Gasteiger charge is 2.10. The van der Waals surface area contributed by atoms with Crippen molar-refractivity contribution < 1.29 is 9.18 Å². The van der Waals surface area contributed by atoms with Gasteiger partial charge in [-0.2, -0.15) is 5.10 Å². The van der Waals surface area contributed by atoms with Crippen LogP contribution in [0, 0.1) is 0 Å². The number of halogens is 1. The first-order chi connectivity index (χ1) is 5.15. The van der Waals surface area contributed by atoms with Crippen molar-refractivity contribution in [2.24, 2.45) is 7.05 Å². The number of carbonyl (C=O) groups excluding carboxylic acids is 1. The van der Waals surface area contributed by atoms with Crippen LogP contribution in [-0.2, 0) is 13.7 Å². The quantitative estimate of drug-likeness (QED) is 0.601. The minimum absolute atomic E-state index is 0.147. The molecule has 11 heavy (non-hydrogen) atoms. The summed E-state index contributed by atoms with van der Waals surface area (Å²) in [4.78, 5) is 10.8. The number of Topliss-reactive ketones (excluding diaryl/α,β-unsaturated/α-hetero) is 1. The summed E-state index contributed by atoms with van der Waals surface area (Å²) in [5.74, 6) is -0.147. The number of hydrogen-bond donors (Lipinski definition) is 0. The van der Waals surface area contributed by atoms with Crippen molar-refractivity contribution in [3.8, 4) is 0 Å². The molecule has 0 radical (unpaired) electrons. The number of alkyl halides is 1. The summed E-state index contributed by atoms with van der Waals surface area (Å²) in [6.45, 7) is 0.714. The number of nitrogens with zero attached hydrogens (tertiary/aromatic N) is 2. The highest BCUT2D eigenvalue weighted by atomic mass is 19.1. The Morgan fingerprint density at radius 2 is 2.45 bits per heavy atom. The molecule has 0 aliphatic rings. The standard InChI is InChI=1S/C7H9FN2O/c1-5(11)6-4-10(2)9-7(6)3-8/h4H,3H2,1-2H3. The van der Waals surface area contributed by atoms with Crippen LogP contribution in [0.2, 0.25) is 0 Å². The lowest BCUT2D eigenvalue weighted by Gasteiger charge is -1.88. The van der Waals surface area contributed by atoms with Crippen LogP contribution in [0.3, 0.4) is 0 Å². The second kappa shape index (κ2) is 2.82. The van der Waals surface area contributed by atoms with Crippen molar-refractivity contribution in [3.05, 3.63) is 17.5 Å². The van der Waals surface area contributed by atoms with Crippen LogP contribution in [0.1, 0.15) is 23.0 Å². The molecule has 0 bridgehead atoms. The molecule has 1 heterocycles. The lowest BCUT2D eigenvalue weighted by atomic mass is 10.2. The Morgan fingerprint density at radius 3 is 2.82 bits per heavy atom. The van der Waals surface area contributed by atoms with Crippen LogP contribution in [0.25, 0.3) is 0 Å². The van der Waals surface area contributed by atoms with Crippen LogP contribution < -0.4 is 0 Å². The molecule has 1 rings (SSSR count). The van der Waals surface area contributed by atoms with Gasteiger partial charge in [-0.15, -0.1) is 0 Å². The topological polar surface area (TPSA) is 34.9 Å². The largest absolute Gasteiger partial charge is 0.294 e. The minimum Gasteiger partial charge on any atom is -0.294 e. The first-order valence-corrected chi connectivity index (χ1v) is 3.24. The molecule has 0 fully saturated rings. The van der Waals surface area contributed by atoms with E-state index in [0.717, 1.165) is 0 Å². The normalized spacial score (nSPS) is 10.1. The average Bonchev–Trinajstić information content (AvgIpc) is 2.30. The van der Waals surface area contributed by atoms with Gasteiger partial charge in [0.2, 0.25) is 0 Å². The molecule has 60 valence electrons. The van der Waals surface area contributed by atoms with Gasteiger partial charge in [-0.3, -0.25) is 9.48 Å². The van der Waals surface area contributed by atoms with Gasteiger partial charge in [0, 0.05) is 13.2 Å². The third-order valence-electron chi connectivity index (χ3n) is 1.41. The second-order valence-electron chi connectivity index (χ2n) is 2.35. The molecule has 0 amide bonds. The first-order valence-electron chi connectivity index (χ1n) is 3.24. The van der Waals surface area contributed by atoms with Crippen molar-refractivity contribution in [2.75, 3.05) is 0 Å². The van der Waals surface area contributed by atoms with Gasteiger partial charge in [-0.1, -0.05) is 0 Å². The van der Waals surface area contributed by atoms with Gasteiger partial charge >= 0.3 is 0 Å². The Bertz CT molecular complexity index is 280. The lowest BCUT2D eigenvalue weighted by Crippen LogP contribution is -1.94. The monoisotopic (exact) mass is 156 g/mol. The Kier molecular flexibility index (Phi) is 2.03. The fourth-order valence-corrected chi connectivity index (χ4v) is 0.927. The molecule has 0 saturated heterocycles. The van der Waals surface area contributed by atoms with E-state index in [2.05, 4.69) is 5.10 Å². The van der Waals surface area contributed by atoms with Crippen molar-refractivity contribution >= 4 is 5.78 Å². The SMILES string of the molecule is CC(=O)c1cn(C)nc1CF. The fourth-order valence-electron chi connectivity index (χ4n) is 0.927. The molecule has 0 aromatic carbocycles. The Hall–Kier alpha value is -1.19. The Balaban J connectivity index is 3.12. The number of aromatic nitrogens is 2. The van der Waals surface area contributed by atoms with Crippen LogP contribution in [0.15, 0.2) is 6.20 Å². The molecule has 1 aromatic rings. The van der Waals surface area contributed by atoms with Gasteiger partial charge in [0.15, 0.2) is 5.78 Å². The summed E-state index contributed by atoms with van der Waals surface area (Å²) < 4.78 is 13.6. The van der Waals surface area contributed by atoms with E-state index in [1.54, 1.807) is 7.05 Å². The molecule has 0 spiro atoms.